The minimum absolute atomic E-state index is 0.154. The number of rotatable bonds is 5. The predicted molar refractivity (Wildman–Crippen MR) is 106 cm³/mol. The van der Waals surface area contributed by atoms with E-state index in [0.717, 1.165) is 32.0 Å². The van der Waals surface area contributed by atoms with Crippen LogP contribution < -0.4 is 20.5 Å². The fraction of sp³-hybridized carbons (Fsp3) is 0.429. The van der Waals surface area contributed by atoms with Crippen LogP contribution in [0.3, 0.4) is 0 Å². The lowest BCUT2D eigenvalue weighted by Crippen LogP contribution is -2.45. The molecule has 0 saturated carbocycles. The number of anilines is 1. The summed E-state index contributed by atoms with van der Waals surface area (Å²) in [4.78, 5) is 18.4. The number of carbonyl (C=O) groups is 1. The van der Waals surface area contributed by atoms with Crippen molar-refractivity contribution in [1.82, 2.24) is 15.2 Å². The molecule has 1 aromatic carbocycles. The molecule has 9 heteroatoms. The van der Waals surface area contributed by atoms with Gasteiger partial charge in [-0.05, 0) is 56.1 Å². The van der Waals surface area contributed by atoms with Crippen LogP contribution in [0, 0.1) is 17.6 Å². The summed E-state index contributed by atoms with van der Waals surface area (Å²) in [6, 6.07) is 5.74. The van der Waals surface area contributed by atoms with Crippen molar-refractivity contribution in [2.75, 3.05) is 38.5 Å². The van der Waals surface area contributed by atoms with Crippen LogP contribution in [0.5, 0.6) is 11.5 Å². The molecule has 1 saturated heterocycles. The van der Waals surface area contributed by atoms with Crippen molar-refractivity contribution >= 4 is 11.7 Å². The molecule has 2 aliphatic heterocycles. The highest BCUT2D eigenvalue weighted by Crippen LogP contribution is 2.35. The first kappa shape index (κ1) is 20.3. The molecule has 0 unspecified atom stereocenters. The van der Waals surface area contributed by atoms with Gasteiger partial charge >= 0.3 is 0 Å². The molecule has 1 amide bonds. The Labute approximate surface area is 173 Å². The van der Waals surface area contributed by atoms with E-state index in [1.165, 1.54) is 6.07 Å². The van der Waals surface area contributed by atoms with Crippen molar-refractivity contribution in [2.24, 2.45) is 5.92 Å². The Balaban J connectivity index is 1.23. The molecule has 2 aromatic rings. The number of nitrogen functional groups attached to an aromatic ring is 1. The fourth-order valence-electron chi connectivity index (χ4n) is 3.81. The maximum atomic E-state index is 13.9. The number of carbonyl (C=O) groups excluding carboxylic acids is 1. The summed E-state index contributed by atoms with van der Waals surface area (Å²) < 4.78 is 38.6. The maximum absolute atomic E-state index is 13.9. The number of benzene rings is 1. The Hall–Kier alpha value is -2.94. The van der Waals surface area contributed by atoms with Crippen molar-refractivity contribution in [2.45, 2.75) is 18.9 Å². The normalized spacial score (nSPS) is 19.5. The second kappa shape index (κ2) is 8.83. The molecule has 160 valence electrons. The molecule has 3 heterocycles. The monoisotopic (exact) mass is 418 g/mol. The Bertz CT molecular complexity index is 919. The largest absolute Gasteiger partial charge is 0.486 e. The second-order valence-electron chi connectivity index (χ2n) is 7.63. The number of piperidine rings is 1. The topological polar surface area (TPSA) is 89.7 Å². The molecule has 3 N–H and O–H groups in total. The average Bonchev–Trinajstić information content (AvgIpc) is 2.76. The van der Waals surface area contributed by atoms with Crippen molar-refractivity contribution < 1.29 is 23.0 Å². The summed E-state index contributed by atoms with van der Waals surface area (Å²) in [5.74, 6) is -1.53. The van der Waals surface area contributed by atoms with Gasteiger partial charge in [-0.1, -0.05) is 0 Å². The van der Waals surface area contributed by atoms with Crippen LogP contribution >= 0.6 is 0 Å². The van der Waals surface area contributed by atoms with Gasteiger partial charge in [0.1, 0.15) is 18.5 Å². The smallest absolute Gasteiger partial charge is 0.255 e. The van der Waals surface area contributed by atoms with E-state index in [-0.39, 0.29) is 29.3 Å². The van der Waals surface area contributed by atoms with Crippen LogP contribution in [0.15, 0.2) is 30.5 Å². The number of hydrogen-bond acceptors (Lipinski definition) is 6. The summed E-state index contributed by atoms with van der Waals surface area (Å²) in [5.41, 5.74) is 6.12. The van der Waals surface area contributed by atoms with Crippen molar-refractivity contribution in [1.29, 1.82) is 0 Å². The van der Waals surface area contributed by atoms with Crippen LogP contribution in [0.25, 0.3) is 0 Å². The van der Waals surface area contributed by atoms with Crippen molar-refractivity contribution in [3.05, 3.63) is 47.7 Å². The number of aromatic nitrogens is 1. The highest BCUT2D eigenvalue weighted by Gasteiger charge is 2.29. The number of hydrogen-bond donors (Lipinski definition) is 2. The van der Waals surface area contributed by atoms with Gasteiger partial charge < -0.3 is 20.5 Å². The molecule has 1 aromatic heterocycles. The quantitative estimate of drug-likeness (QED) is 0.774. The first-order valence-corrected chi connectivity index (χ1v) is 9.99. The van der Waals surface area contributed by atoms with Crippen LogP contribution in [0.4, 0.5) is 14.6 Å². The molecule has 4 rings (SSSR count). The van der Waals surface area contributed by atoms with E-state index < -0.39 is 11.6 Å². The lowest BCUT2D eigenvalue weighted by molar-refractivity contribution is 0.0434. The highest BCUT2D eigenvalue weighted by molar-refractivity contribution is 5.98. The Kier molecular flexibility index (Phi) is 5.98. The first-order valence-electron chi connectivity index (χ1n) is 9.99. The Morgan fingerprint density at radius 3 is 2.83 bits per heavy atom. The fourth-order valence-corrected chi connectivity index (χ4v) is 3.81. The SMILES string of the molecule is Nc1ncccc1C(=O)NCC1CCN(C[C@H]2COc3ccc(F)c(F)c3O2)CC1. The summed E-state index contributed by atoms with van der Waals surface area (Å²) in [6.07, 6.45) is 3.01. The van der Waals surface area contributed by atoms with Gasteiger partial charge in [0.15, 0.2) is 11.6 Å². The third-order valence-corrected chi connectivity index (χ3v) is 5.53. The summed E-state index contributed by atoms with van der Waals surface area (Å²) in [6.45, 7) is 3.09. The summed E-state index contributed by atoms with van der Waals surface area (Å²) in [7, 11) is 0. The van der Waals surface area contributed by atoms with E-state index in [4.69, 9.17) is 15.2 Å². The van der Waals surface area contributed by atoms with Crippen LogP contribution in [0.2, 0.25) is 0 Å². The van der Waals surface area contributed by atoms with E-state index in [9.17, 15) is 13.6 Å². The van der Waals surface area contributed by atoms with Gasteiger partial charge in [-0.3, -0.25) is 9.69 Å². The standard InChI is InChI=1S/C21H24F2N4O3/c22-16-3-4-17-19(18(16)23)30-14(12-29-17)11-27-8-5-13(6-9-27)10-26-21(28)15-2-1-7-25-20(15)24/h1-4,7,13-14H,5-6,8-12H2,(H2,24,25)(H,26,28)/t14-/m0/s1. The lowest BCUT2D eigenvalue weighted by atomic mass is 9.96. The molecule has 0 radical (unpaired) electrons. The lowest BCUT2D eigenvalue weighted by Gasteiger charge is -2.35. The number of pyridine rings is 1. The number of fused-ring (bicyclic) bond motifs is 1. The molecule has 1 fully saturated rings. The Morgan fingerprint density at radius 2 is 2.07 bits per heavy atom. The zero-order valence-electron chi connectivity index (χ0n) is 16.4. The molecule has 7 nitrogen and oxygen atoms in total. The van der Waals surface area contributed by atoms with Crippen molar-refractivity contribution in [3.8, 4) is 11.5 Å². The number of ether oxygens (including phenoxy) is 2. The van der Waals surface area contributed by atoms with E-state index in [1.807, 2.05) is 0 Å². The zero-order chi connectivity index (χ0) is 21.1. The molecule has 1 atom stereocenters. The number of nitrogens with one attached hydrogen (secondary N) is 1. The van der Waals surface area contributed by atoms with Crippen LogP contribution in [0.1, 0.15) is 23.2 Å². The number of nitrogens with zero attached hydrogens (tertiary/aromatic N) is 2. The van der Waals surface area contributed by atoms with Gasteiger partial charge in [-0.15, -0.1) is 0 Å². The number of halogens is 2. The number of amides is 1. The predicted octanol–water partition coefficient (Wildman–Crippen LogP) is 2.22. The second-order valence-corrected chi connectivity index (χ2v) is 7.63. The molecule has 0 bridgehead atoms. The van der Waals surface area contributed by atoms with E-state index in [1.54, 1.807) is 18.3 Å². The summed E-state index contributed by atoms with van der Waals surface area (Å²) >= 11 is 0. The van der Waals surface area contributed by atoms with Crippen LogP contribution in [-0.4, -0.2) is 54.7 Å². The van der Waals surface area contributed by atoms with E-state index in [0.29, 0.717) is 31.2 Å². The number of likely N-dealkylation sites (tertiary alicyclic amines) is 1. The van der Waals surface area contributed by atoms with Gasteiger partial charge in [-0.25, -0.2) is 9.37 Å². The average molecular weight is 418 g/mol. The number of nitrogens with two attached hydrogens (primary N) is 1. The van der Waals surface area contributed by atoms with Gasteiger partial charge in [0.2, 0.25) is 11.6 Å². The maximum Gasteiger partial charge on any atom is 0.255 e. The molecule has 0 aliphatic carbocycles. The molecule has 30 heavy (non-hydrogen) atoms. The molecule has 2 aliphatic rings. The van der Waals surface area contributed by atoms with Gasteiger partial charge in [0.05, 0.1) is 5.56 Å². The van der Waals surface area contributed by atoms with Gasteiger partial charge in [0.25, 0.3) is 5.91 Å². The van der Waals surface area contributed by atoms with Gasteiger partial charge in [0, 0.05) is 19.3 Å². The van der Waals surface area contributed by atoms with E-state index in [2.05, 4.69) is 15.2 Å². The van der Waals surface area contributed by atoms with Crippen LogP contribution in [-0.2, 0) is 0 Å². The minimum Gasteiger partial charge on any atom is -0.486 e. The first-order chi connectivity index (χ1) is 14.5. The highest BCUT2D eigenvalue weighted by atomic mass is 19.2. The van der Waals surface area contributed by atoms with Crippen molar-refractivity contribution in [3.63, 3.8) is 0 Å². The minimum atomic E-state index is -1.01. The molecular formula is C21H24F2N4O3. The third kappa shape index (κ3) is 4.46. The van der Waals surface area contributed by atoms with Gasteiger partial charge in [-0.2, -0.15) is 4.39 Å². The molecule has 0 spiro atoms. The Morgan fingerprint density at radius 1 is 1.27 bits per heavy atom. The molecular weight excluding hydrogens is 394 g/mol. The third-order valence-electron chi connectivity index (χ3n) is 5.53. The summed E-state index contributed by atoms with van der Waals surface area (Å²) in [5, 5.41) is 2.93. The van der Waals surface area contributed by atoms with E-state index >= 15 is 0 Å². The zero-order valence-corrected chi connectivity index (χ0v) is 16.4.